The van der Waals surface area contributed by atoms with Gasteiger partial charge in [-0.15, -0.1) is 0 Å². The Morgan fingerprint density at radius 2 is 1.95 bits per heavy atom. The Kier molecular flexibility index (Phi) is 3.51. The van der Waals surface area contributed by atoms with Gasteiger partial charge in [-0.25, -0.2) is 0 Å². The number of hydrogen-bond acceptors (Lipinski definition) is 3. The first-order chi connectivity index (χ1) is 8.99. The monoisotopic (exact) mass is 255 g/mol. The van der Waals surface area contributed by atoms with Crippen molar-refractivity contribution in [3.05, 3.63) is 52.8 Å². The lowest BCUT2D eigenvalue weighted by Crippen LogP contribution is -2.14. The summed E-state index contributed by atoms with van der Waals surface area (Å²) in [7, 11) is 0. The van der Waals surface area contributed by atoms with Crippen LogP contribution in [0.2, 0.25) is 0 Å². The number of hydrogen-bond donors (Lipinski definition) is 2. The molecule has 1 aromatic heterocycles. The molecule has 98 valence electrons. The number of aryl methyl sites for hydroxylation is 2. The van der Waals surface area contributed by atoms with Crippen LogP contribution in [0.3, 0.4) is 0 Å². The first-order valence-electron chi connectivity index (χ1n) is 6.08. The highest BCUT2D eigenvalue weighted by Gasteiger charge is 2.11. The maximum absolute atomic E-state index is 12.2. The molecule has 0 saturated heterocycles. The Bertz CT molecular complexity index is 635. The topological polar surface area (TPSA) is 68.0 Å². The lowest BCUT2D eigenvalue weighted by molar-refractivity contribution is 0.102. The van der Waals surface area contributed by atoms with Crippen molar-refractivity contribution in [3.8, 4) is 0 Å². The van der Waals surface area contributed by atoms with Crippen LogP contribution < -0.4 is 11.1 Å². The summed E-state index contributed by atoms with van der Waals surface area (Å²) in [6.45, 7) is 5.70. The molecule has 19 heavy (non-hydrogen) atoms. The molecule has 1 heterocycles. The van der Waals surface area contributed by atoms with Crippen molar-refractivity contribution in [2.45, 2.75) is 20.8 Å². The number of aromatic nitrogens is 1. The van der Waals surface area contributed by atoms with E-state index in [-0.39, 0.29) is 5.91 Å². The highest BCUT2D eigenvalue weighted by molar-refractivity contribution is 6.05. The van der Waals surface area contributed by atoms with Crippen molar-refractivity contribution in [3.63, 3.8) is 0 Å². The predicted octanol–water partition coefficient (Wildman–Crippen LogP) is 2.84. The van der Waals surface area contributed by atoms with E-state index in [0.29, 0.717) is 11.3 Å². The third-order valence-electron chi connectivity index (χ3n) is 3.11. The van der Waals surface area contributed by atoms with E-state index in [0.717, 1.165) is 22.5 Å². The molecule has 4 heteroatoms. The summed E-state index contributed by atoms with van der Waals surface area (Å²) in [6, 6.07) is 7.19. The second-order valence-electron chi connectivity index (χ2n) is 4.61. The minimum absolute atomic E-state index is 0.151. The average molecular weight is 255 g/mol. The van der Waals surface area contributed by atoms with Crippen LogP contribution in [0.5, 0.6) is 0 Å². The third kappa shape index (κ3) is 2.73. The maximum Gasteiger partial charge on any atom is 0.255 e. The van der Waals surface area contributed by atoms with Gasteiger partial charge < -0.3 is 11.1 Å². The van der Waals surface area contributed by atoms with E-state index in [2.05, 4.69) is 10.3 Å². The highest BCUT2D eigenvalue weighted by Crippen LogP contribution is 2.25. The van der Waals surface area contributed by atoms with Gasteiger partial charge in [0.25, 0.3) is 5.91 Å². The van der Waals surface area contributed by atoms with Crippen molar-refractivity contribution in [2.24, 2.45) is 0 Å². The van der Waals surface area contributed by atoms with E-state index in [1.807, 2.05) is 32.9 Å². The first kappa shape index (κ1) is 13.1. The first-order valence-corrected chi connectivity index (χ1v) is 6.08. The molecular formula is C15H17N3O. The third-order valence-corrected chi connectivity index (χ3v) is 3.11. The Morgan fingerprint density at radius 3 is 2.63 bits per heavy atom. The molecule has 2 aromatic rings. The van der Waals surface area contributed by atoms with E-state index in [1.165, 1.54) is 0 Å². The number of nitrogens with zero attached hydrogens (tertiary/aromatic N) is 1. The van der Waals surface area contributed by atoms with Crippen molar-refractivity contribution in [1.29, 1.82) is 0 Å². The highest BCUT2D eigenvalue weighted by atomic mass is 16.1. The Hall–Kier alpha value is -2.36. The molecule has 0 saturated carbocycles. The van der Waals surface area contributed by atoms with Crippen molar-refractivity contribution < 1.29 is 4.79 Å². The summed E-state index contributed by atoms with van der Waals surface area (Å²) >= 11 is 0. The Balaban J connectivity index is 2.32. The summed E-state index contributed by atoms with van der Waals surface area (Å²) < 4.78 is 0. The van der Waals surface area contributed by atoms with E-state index >= 15 is 0 Å². The number of benzene rings is 1. The number of nitrogens with two attached hydrogens (primary N) is 1. The predicted molar refractivity (Wildman–Crippen MR) is 77.3 cm³/mol. The van der Waals surface area contributed by atoms with Crippen LogP contribution in [0.4, 0.5) is 11.4 Å². The Labute approximate surface area is 112 Å². The number of nitrogens with one attached hydrogen (secondary N) is 1. The van der Waals surface area contributed by atoms with Crippen LogP contribution in [-0.2, 0) is 0 Å². The van der Waals surface area contributed by atoms with Gasteiger partial charge in [-0.1, -0.05) is 6.07 Å². The fraction of sp³-hybridized carbons (Fsp3) is 0.200. The molecule has 0 radical (unpaired) electrons. The molecule has 0 fully saturated rings. The van der Waals surface area contributed by atoms with Crippen LogP contribution in [0.25, 0.3) is 0 Å². The number of amides is 1. The minimum atomic E-state index is -0.151. The Morgan fingerprint density at radius 1 is 1.21 bits per heavy atom. The minimum Gasteiger partial charge on any atom is -0.398 e. The number of pyridine rings is 1. The zero-order valence-electron chi connectivity index (χ0n) is 11.3. The van der Waals surface area contributed by atoms with Gasteiger partial charge in [0.15, 0.2) is 0 Å². The van der Waals surface area contributed by atoms with E-state index in [4.69, 9.17) is 5.73 Å². The van der Waals surface area contributed by atoms with Gasteiger partial charge in [-0.3, -0.25) is 9.78 Å². The van der Waals surface area contributed by atoms with Crippen molar-refractivity contribution in [1.82, 2.24) is 4.98 Å². The molecule has 2 rings (SSSR count). The summed E-state index contributed by atoms with van der Waals surface area (Å²) in [5, 5.41) is 2.92. The lowest BCUT2D eigenvalue weighted by atomic mass is 10.1. The normalized spacial score (nSPS) is 10.3. The van der Waals surface area contributed by atoms with Crippen LogP contribution >= 0.6 is 0 Å². The second-order valence-corrected chi connectivity index (χ2v) is 4.61. The molecule has 0 bridgehead atoms. The molecule has 4 nitrogen and oxygen atoms in total. The standard InChI is InChI=1S/C15H17N3O/c1-9-4-5-13(16)11(3)14(9)18-15(19)12-6-7-17-10(2)8-12/h4-8H,16H2,1-3H3,(H,18,19). The summed E-state index contributed by atoms with van der Waals surface area (Å²) in [6.07, 6.45) is 1.63. The van der Waals surface area contributed by atoms with Crippen molar-refractivity contribution >= 4 is 17.3 Å². The molecule has 0 aliphatic rings. The molecule has 0 aliphatic carbocycles. The smallest absolute Gasteiger partial charge is 0.255 e. The van der Waals surface area contributed by atoms with Crippen LogP contribution in [0.1, 0.15) is 27.2 Å². The molecule has 1 amide bonds. The summed E-state index contributed by atoms with van der Waals surface area (Å²) in [5.74, 6) is -0.151. The fourth-order valence-electron chi connectivity index (χ4n) is 1.93. The second kappa shape index (κ2) is 5.10. The zero-order chi connectivity index (χ0) is 14.0. The van der Waals surface area contributed by atoms with Gasteiger partial charge in [0.2, 0.25) is 0 Å². The van der Waals surface area contributed by atoms with Gasteiger partial charge in [0, 0.05) is 28.8 Å². The molecule has 3 N–H and O–H groups in total. The molecule has 0 aliphatic heterocycles. The van der Waals surface area contributed by atoms with Gasteiger partial charge >= 0.3 is 0 Å². The van der Waals surface area contributed by atoms with Gasteiger partial charge in [-0.05, 0) is 50.1 Å². The van der Waals surface area contributed by atoms with E-state index in [1.54, 1.807) is 18.3 Å². The number of rotatable bonds is 2. The van der Waals surface area contributed by atoms with Gasteiger partial charge in [-0.2, -0.15) is 0 Å². The quantitative estimate of drug-likeness (QED) is 0.811. The van der Waals surface area contributed by atoms with Crippen LogP contribution in [-0.4, -0.2) is 10.9 Å². The van der Waals surface area contributed by atoms with Gasteiger partial charge in [0.05, 0.1) is 0 Å². The van der Waals surface area contributed by atoms with Crippen molar-refractivity contribution in [2.75, 3.05) is 11.1 Å². The van der Waals surface area contributed by atoms with E-state index in [9.17, 15) is 4.79 Å². The average Bonchev–Trinajstić information content (AvgIpc) is 2.39. The largest absolute Gasteiger partial charge is 0.398 e. The number of carbonyl (C=O) groups is 1. The number of anilines is 2. The fourth-order valence-corrected chi connectivity index (χ4v) is 1.93. The lowest BCUT2D eigenvalue weighted by Gasteiger charge is -2.13. The van der Waals surface area contributed by atoms with Crippen LogP contribution in [0, 0.1) is 20.8 Å². The number of nitrogen functional groups attached to an aromatic ring is 1. The van der Waals surface area contributed by atoms with Crippen LogP contribution in [0.15, 0.2) is 30.5 Å². The van der Waals surface area contributed by atoms with Gasteiger partial charge in [0.1, 0.15) is 0 Å². The maximum atomic E-state index is 12.2. The summed E-state index contributed by atoms with van der Waals surface area (Å²) in [5.41, 5.74) is 10.6. The zero-order valence-corrected chi connectivity index (χ0v) is 11.3. The summed E-state index contributed by atoms with van der Waals surface area (Å²) in [4.78, 5) is 16.3. The van der Waals surface area contributed by atoms with E-state index < -0.39 is 0 Å². The molecule has 0 unspecified atom stereocenters. The molecule has 0 atom stereocenters. The number of carbonyl (C=O) groups excluding carboxylic acids is 1. The molecule has 1 aromatic carbocycles. The SMILES string of the molecule is Cc1cc(C(=O)Nc2c(C)ccc(N)c2C)ccn1. The molecule has 0 spiro atoms. The molecular weight excluding hydrogens is 238 g/mol.